The molecule has 10 nitrogen and oxygen atoms in total. The molecule has 2 aliphatic heterocycles. The van der Waals surface area contributed by atoms with E-state index in [1.807, 2.05) is 47.5 Å². The summed E-state index contributed by atoms with van der Waals surface area (Å²) in [5.41, 5.74) is 14.7. The fourth-order valence-electron chi connectivity index (χ4n) is 7.10. The molecule has 6 heterocycles. The minimum Gasteiger partial charge on any atom is -0.482 e. The third-order valence-electron chi connectivity index (χ3n) is 9.67. The molecule has 1 atom stereocenters. The van der Waals surface area contributed by atoms with Crippen LogP contribution in [0.5, 0.6) is 5.88 Å². The summed E-state index contributed by atoms with van der Waals surface area (Å²) >= 11 is 0. The molecule has 8 rings (SSSR count). The Bertz CT molecular complexity index is 2020. The molecule has 1 aliphatic carbocycles. The van der Waals surface area contributed by atoms with Crippen molar-refractivity contribution < 1.29 is 14.3 Å². The van der Waals surface area contributed by atoms with Gasteiger partial charge in [-0.2, -0.15) is 0 Å². The number of carbonyl (C=O) groups is 2. The second-order valence-corrected chi connectivity index (χ2v) is 12.9. The van der Waals surface area contributed by atoms with Crippen LogP contribution in [0.15, 0.2) is 48.5 Å². The van der Waals surface area contributed by atoms with Gasteiger partial charge in [0, 0.05) is 67.4 Å². The molecule has 0 spiro atoms. The second-order valence-electron chi connectivity index (χ2n) is 12.9. The van der Waals surface area contributed by atoms with Crippen LogP contribution in [0.4, 0.5) is 0 Å². The number of likely N-dealkylation sites (tertiary alicyclic amines) is 1. The maximum Gasteiger partial charge on any atom is 0.254 e. The fraction of sp³-hybridized carbons (Fsp3) is 0.371. The minimum atomic E-state index is -0.0481. The van der Waals surface area contributed by atoms with Crippen molar-refractivity contribution in [2.24, 2.45) is 11.7 Å². The Balaban J connectivity index is 1.25. The van der Waals surface area contributed by atoms with Gasteiger partial charge in [-0.15, -0.1) is 0 Å². The number of hydrogen-bond donors (Lipinski definition) is 1. The Morgan fingerprint density at radius 3 is 2.67 bits per heavy atom. The molecule has 0 radical (unpaired) electrons. The number of methoxy groups -OCH3 is 1. The summed E-state index contributed by atoms with van der Waals surface area (Å²) in [6.45, 7) is 4.73. The van der Waals surface area contributed by atoms with Crippen LogP contribution in [0.3, 0.4) is 0 Å². The van der Waals surface area contributed by atoms with Crippen LogP contribution in [0.1, 0.15) is 57.7 Å². The predicted octanol–water partition coefficient (Wildman–Crippen LogP) is 4.89. The lowest BCUT2D eigenvalue weighted by molar-refractivity contribution is 0.0708. The highest BCUT2D eigenvalue weighted by Crippen LogP contribution is 2.39. The Morgan fingerprint density at radius 2 is 1.89 bits per heavy atom. The van der Waals surface area contributed by atoms with Gasteiger partial charge in [0.15, 0.2) is 5.88 Å². The first-order valence-electron chi connectivity index (χ1n) is 15.8. The van der Waals surface area contributed by atoms with E-state index in [0.717, 1.165) is 69.9 Å². The quantitative estimate of drug-likeness (QED) is 0.296. The van der Waals surface area contributed by atoms with Gasteiger partial charge in [-0.25, -0.2) is 9.97 Å². The fourth-order valence-corrected chi connectivity index (χ4v) is 7.10. The Morgan fingerprint density at radius 1 is 1.07 bits per heavy atom. The molecule has 2 N–H and O–H groups in total. The van der Waals surface area contributed by atoms with E-state index in [4.69, 9.17) is 20.4 Å². The van der Waals surface area contributed by atoms with E-state index < -0.39 is 0 Å². The van der Waals surface area contributed by atoms with Crippen molar-refractivity contribution in [3.05, 3.63) is 70.9 Å². The molecular weight excluding hydrogens is 566 g/mol. The number of nitrogens with zero attached hydrogens (tertiary/aromatic N) is 6. The third-order valence-corrected chi connectivity index (χ3v) is 9.67. The van der Waals surface area contributed by atoms with Crippen LogP contribution < -0.4 is 10.5 Å². The lowest BCUT2D eigenvalue weighted by atomic mass is 10.0. The van der Waals surface area contributed by atoms with Crippen molar-refractivity contribution in [1.29, 1.82) is 0 Å². The predicted molar refractivity (Wildman–Crippen MR) is 172 cm³/mol. The van der Waals surface area contributed by atoms with E-state index in [0.29, 0.717) is 42.6 Å². The highest BCUT2D eigenvalue weighted by atomic mass is 16.5. The smallest absolute Gasteiger partial charge is 0.254 e. The van der Waals surface area contributed by atoms with Crippen molar-refractivity contribution in [1.82, 2.24) is 28.7 Å². The SMILES string of the molecule is COc1cc(C(=O)N2CCC[C@@H](N)C2)cc2nc(-c3cc4ccc(-c5cccc6c5CN(C)C6=O)nc4n3CC3CC3)c(C)n12. The zero-order chi connectivity index (χ0) is 31.0. The standard InChI is InChI=1S/C35H37N7O3/c1-20-32(38-30-15-23(16-31(45-3)42(20)30)34(43)40-13-5-6-24(36)18-40)29-14-22-11-12-28(37-33(22)41(29)17-21-9-10-21)25-7-4-8-26-27(25)19-39(2)35(26)44/h4,7-8,11-12,14-16,21,24H,5-6,9-10,13,17-19,36H2,1-3H3/t24-/m1/s1. The number of carbonyl (C=O) groups excluding carboxylic acids is 2. The van der Waals surface area contributed by atoms with Crippen LogP contribution in [-0.4, -0.2) is 73.8 Å². The Hall–Kier alpha value is -4.70. The van der Waals surface area contributed by atoms with Gasteiger partial charge in [0.05, 0.1) is 24.2 Å². The summed E-state index contributed by atoms with van der Waals surface area (Å²) < 4.78 is 10.1. The number of rotatable bonds is 6. The summed E-state index contributed by atoms with van der Waals surface area (Å²) in [6, 6.07) is 15.9. The van der Waals surface area contributed by atoms with Gasteiger partial charge in [-0.3, -0.25) is 14.0 Å². The summed E-state index contributed by atoms with van der Waals surface area (Å²) in [5, 5.41) is 1.04. The Kier molecular flexibility index (Phi) is 6.46. The molecule has 45 heavy (non-hydrogen) atoms. The maximum absolute atomic E-state index is 13.5. The summed E-state index contributed by atoms with van der Waals surface area (Å²) in [4.78, 5) is 40.1. The van der Waals surface area contributed by atoms with Crippen molar-refractivity contribution >= 4 is 28.5 Å². The zero-order valence-electron chi connectivity index (χ0n) is 25.9. The normalized spacial score (nSPS) is 18.3. The number of pyridine rings is 2. The van der Waals surface area contributed by atoms with Crippen molar-refractivity contribution in [2.75, 3.05) is 27.2 Å². The molecule has 1 saturated carbocycles. The van der Waals surface area contributed by atoms with Crippen LogP contribution in [-0.2, 0) is 13.1 Å². The number of piperidine rings is 1. The third kappa shape index (κ3) is 4.58. The van der Waals surface area contributed by atoms with E-state index >= 15 is 0 Å². The van der Waals surface area contributed by atoms with Crippen LogP contribution in [0.2, 0.25) is 0 Å². The van der Waals surface area contributed by atoms with Crippen molar-refractivity contribution in [3.8, 4) is 28.5 Å². The lowest BCUT2D eigenvalue weighted by Gasteiger charge is -2.30. The number of ether oxygens (including phenoxy) is 1. The molecular formula is C35H37N7O3. The van der Waals surface area contributed by atoms with Gasteiger partial charge >= 0.3 is 0 Å². The summed E-state index contributed by atoms with van der Waals surface area (Å²) in [7, 11) is 3.46. The number of aryl methyl sites for hydroxylation is 1. The molecule has 1 saturated heterocycles. The zero-order valence-corrected chi connectivity index (χ0v) is 25.9. The van der Waals surface area contributed by atoms with Crippen LogP contribution >= 0.6 is 0 Å². The van der Waals surface area contributed by atoms with E-state index in [-0.39, 0.29) is 17.9 Å². The summed E-state index contributed by atoms with van der Waals surface area (Å²) in [6.07, 6.45) is 4.24. The topological polar surface area (TPSA) is 111 Å². The van der Waals surface area contributed by atoms with Gasteiger partial charge in [0.25, 0.3) is 11.8 Å². The first-order valence-corrected chi connectivity index (χ1v) is 15.8. The van der Waals surface area contributed by atoms with Crippen LogP contribution in [0.25, 0.3) is 39.3 Å². The van der Waals surface area contributed by atoms with Gasteiger partial charge in [-0.1, -0.05) is 12.1 Å². The number of fused-ring (bicyclic) bond motifs is 3. The molecule has 1 aromatic carbocycles. The van der Waals surface area contributed by atoms with E-state index in [1.165, 1.54) is 12.8 Å². The highest BCUT2D eigenvalue weighted by molar-refractivity contribution is 6.00. The maximum atomic E-state index is 13.5. The van der Waals surface area contributed by atoms with Gasteiger partial charge < -0.3 is 24.8 Å². The van der Waals surface area contributed by atoms with E-state index in [2.05, 4.69) is 28.8 Å². The molecule has 2 amide bonds. The van der Waals surface area contributed by atoms with Gasteiger partial charge in [0.1, 0.15) is 17.0 Å². The van der Waals surface area contributed by atoms with Gasteiger partial charge in [-0.05, 0) is 74.4 Å². The highest BCUT2D eigenvalue weighted by Gasteiger charge is 2.30. The summed E-state index contributed by atoms with van der Waals surface area (Å²) in [5.74, 6) is 1.17. The molecule has 2 fully saturated rings. The number of hydrogen-bond acceptors (Lipinski definition) is 6. The largest absolute Gasteiger partial charge is 0.482 e. The first-order chi connectivity index (χ1) is 21.8. The molecule has 4 aromatic heterocycles. The minimum absolute atomic E-state index is 0.00255. The van der Waals surface area contributed by atoms with Crippen molar-refractivity contribution in [3.63, 3.8) is 0 Å². The molecule has 230 valence electrons. The molecule has 3 aliphatic rings. The molecule has 10 heteroatoms. The number of amides is 2. The average Bonchev–Trinajstić information content (AvgIpc) is 3.63. The first kappa shape index (κ1) is 27.8. The van der Waals surface area contributed by atoms with Crippen molar-refractivity contribution in [2.45, 2.75) is 51.7 Å². The monoisotopic (exact) mass is 603 g/mol. The number of aromatic nitrogens is 4. The molecule has 0 unspecified atom stereocenters. The number of benzene rings is 1. The average molecular weight is 604 g/mol. The number of nitrogens with two attached hydrogens (primary N) is 1. The molecule has 0 bridgehead atoms. The molecule has 5 aromatic rings. The number of imidazole rings is 1. The van der Waals surface area contributed by atoms with E-state index in [1.54, 1.807) is 12.0 Å². The Labute approximate surface area is 261 Å². The lowest BCUT2D eigenvalue weighted by Crippen LogP contribution is -2.45. The van der Waals surface area contributed by atoms with E-state index in [9.17, 15) is 9.59 Å². The second kappa shape index (κ2) is 10.4. The van der Waals surface area contributed by atoms with Crippen LogP contribution in [0, 0.1) is 12.8 Å². The van der Waals surface area contributed by atoms with Gasteiger partial charge in [0.2, 0.25) is 0 Å².